The van der Waals surface area contributed by atoms with Crippen molar-refractivity contribution in [1.82, 2.24) is 0 Å². The first kappa shape index (κ1) is 17.5. The van der Waals surface area contributed by atoms with Crippen LogP contribution >= 0.6 is 0 Å². The zero-order valence-corrected chi connectivity index (χ0v) is 12.7. The van der Waals surface area contributed by atoms with E-state index in [1.54, 1.807) is 0 Å². The van der Waals surface area contributed by atoms with E-state index in [0.29, 0.717) is 6.61 Å². The summed E-state index contributed by atoms with van der Waals surface area (Å²) in [5.74, 6) is -1.79. The number of carbonyl (C=O) groups is 1. The fourth-order valence-corrected chi connectivity index (χ4v) is 2.19. The van der Waals surface area contributed by atoms with Gasteiger partial charge in [-0.15, -0.1) is 0 Å². The average molecular weight is 319 g/mol. The summed E-state index contributed by atoms with van der Waals surface area (Å²) in [6, 6.07) is 1.93. The molecule has 1 aromatic rings. The Hall–Kier alpha value is -1.51. The zero-order chi connectivity index (χ0) is 16.0. The molecule has 0 saturated heterocycles. The Morgan fingerprint density at radius 1 is 1.29 bits per heavy atom. The van der Waals surface area contributed by atoms with Crippen molar-refractivity contribution < 1.29 is 27.1 Å². The van der Waals surface area contributed by atoms with Crippen LogP contribution in [0.4, 0.5) is 4.39 Å². The van der Waals surface area contributed by atoms with E-state index < -0.39 is 27.4 Å². The van der Waals surface area contributed by atoms with Crippen molar-refractivity contribution in [3.63, 3.8) is 0 Å². The van der Waals surface area contributed by atoms with Crippen molar-refractivity contribution in [2.24, 2.45) is 5.14 Å². The number of ether oxygens (including phenoxy) is 2. The molecule has 0 aliphatic rings. The molecule has 0 spiro atoms. The maximum Gasteiger partial charge on any atom is 0.341 e. The minimum atomic E-state index is -4.03. The lowest BCUT2D eigenvalue weighted by Crippen LogP contribution is -2.17. The summed E-state index contributed by atoms with van der Waals surface area (Å²) in [5.41, 5.74) is -0.467. The molecule has 0 fully saturated rings. The molecule has 6 nitrogen and oxygen atoms in total. The van der Waals surface area contributed by atoms with Crippen LogP contribution in [0, 0.1) is 12.7 Å². The number of aryl methyl sites for hydroxylation is 1. The molecule has 0 bridgehead atoms. The molecule has 0 aliphatic heterocycles. The molecule has 0 heterocycles. The monoisotopic (exact) mass is 319 g/mol. The quantitative estimate of drug-likeness (QED) is 0.605. The second kappa shape index (κ2) is 7.48. The minimum Gasteiger partial charge on any atom is -0.460 e. The number of nitrogens with two attached hydrogens (primary N) is 1. The summed E-state index contributed by atoms with van der Waals surface area (Å²) in [4.78, 5) is 11.4. The molecule has 0 aliphatic carbocycles. The van der Waals surface area contributed by atoms with Crippen LogP contribution in [-0.2, 0) is 19.5 Å². The molecule has 0 atom stereocenters. The Morgan fingerprint density at radius 2 is 1.95 bits per heavy atom. The van der Waals surface area contributed by atoms with Gasteiger partial charge in [0.2, 0.25) is 10.0 Å². The van der Waals surface area contributed by atoms with Gasteiger partial charge in [-0.3, -0.25) is 0 Å². The maximum absolute atomic E-state index is 13.9. The lowest BCUT2D eigenvalue weighted by molar-refractivity contribution is 0.0314. The van der Waals surface area contributed by atoms with Crippen molar-refractivity contribution in [3.8, 4) is 0 Å². The molecule has 1 aromatic carbocycles. The number of hydrogen-bond donors (Lipinski definition) is 1. The summed E-state index contributed by atoms with van der Waals surface area (Å²) in [6.45, 7) is 3.95. The highest BCUT2D eigenvalue weighted by Gasteiger charge is 2.20. The SMILES string of the molecule is CCCOCCOC(=O)c1cc(S(N)(=O)=O)cc(C)c1F. The standard InChI is InChI=1S/C13H18FNO5S/c1-3-4-19-5-6-20-13(16)11-8-10(21(15,17)18)7-9(2)12(11)14/h7-8H,3-6H2,1-2H3,(H2,15,17,18). The van der Waals surface area contributed by atoms with E-state index in [1.807, 2.05) is 6.92 Å². The molecule has 0 amide bonds. The van der Waals surface area contributed by atoms with E-state index in [9.17, 15) is 17.6 Å². The number of carbonyl (C=O) groups excluding carboxylic acids is 1. The Balaban J connectivity index is 2.86. The maximum atomic E-state index is 13.9. The van der Waals surface area contributed by atoms with E-state index in [2.05, 4.69) is 0 Å². The molecule has 8 heteroatoms. The zero-order valence-electron chi connectivity index (χ0n) is 11.9. The van der Waals surface area contributed by atoms with Crippen LogP contribution in [0.15, 0.2) is 17.0 Å². The summed E-state index contributed by atoms with van der Waals surface area (Å²) >= 11 is 0. The van der Waals surface area contributed by atoms with E-state index >= 15 is 0 Å². The molecular formula is C13H18FNO5S. The lowest BCUT2D eigenvalue weighted by atomic mass is 10.1. The third-order valence-corrected chi connectivity index (χ3v) is 3.48. The Morgan fingerprint density at radius 3 is 2.52 bits per heavy atom. The summed E-state index contributed by atoms with van der Waals surface area (Å²) < 4.78 is 46.4. The molecule has 0 saturated carbocycles. The number of primary sulfonamides is 1. The smallest absolute Gasteiger partial charge is 0.341 e. The molecule has 21 heavy (non-hydrogen) atoms. The van der Waals surface area contributed by atoms with Gasteiger partial charge in [0.15, 0.2) is 0 Å². The number of hydrogen-bond acceptors (Lipinski definition) is 5. The Labute approximate surface area is 123 Å². The van der Waals surface area contributed by atoms with Crippen molar-refractivity contribution in [1.29, 1.82) is 0 Å². The molecule has 2 N–H and O–H groups in total. The molecule has 0 unspecified atom stereocenters. The van der Waals surface area contributed by atoms with Crippen LogP contribution in [0.25, 0.3) is 0 Å². The number of esters is 1. The summed E-state index contributed by atoms with van der Waals surface area (Å²) in [7, 11) is -4.03. The van der Waals surface area contributed by atoms with Crippen molar-refractivity contribution in [2.45, 2.75) is 25.2 Å². The normalized spacial score (nSPS) is 11.4. The van der Waals surface area contributed by atoms with Crippen LogP contribution in [0.5, 0.6) is 0 Å². The van der Waals surface area contributed by atoms with Gasteiger partial charge in [0.05, 0.1) is 17.1 Å². The van der Waals surface area contributed by atoms with Crippen LogP contribution in [0.3, 0.4) is 0 Å². The Kier molecular flexibility index (Phi) is 6.25. The van der Waals surface area contributed by atoms with Crippen LogP contribution in [0.2, 0.25) is 0 Å². The molecule has 0 radical (unpaired) electrons. The van der Waals surface area contributed by atoms with Gasteiger partial charge in [-0.25, -0.2) is 22.7 Å². The van der Waals surface area contributed by atoms with Gasteiger partial charge >= 0.3 is 5.97 Å². The number of sulfonamides is 1. The van der Waals surface area contributed by atoms with Crippen LogP contribution in [0.1, 0.15) is 29.3 Å². The van der Waals surface area contributed by atoms with E-state index in [-0.39, 0.29) is 23.7 Å². The third-order valence-electron chi connectivity index (χ3n) is 2.59. The second-order valence-electron chi connectivity index (χ2n) is 4.40. The highest BCUT2D eigenvalue weighted by atomic mass is 32.2. The predicted molar refractivity (Wildman–Crippen MR) is 73.9 cm³/mol. The van der Waals surface area contributed by atoms with Gasteiger partial charge in [-0.2, -0.15) is 0 Å². The topological polar surface area (TPSA) is 95.7 Å². The fourth-order valence-electron chi connectivity index (χ4n) is 1.57. The highest BCUT2D eigenvalue weighted by molar-refractivity contribution is 7.89. The van der Waals surface area contributed by atoms with Gasteiger partial charge in [-0.05, 0) is 31.0 Å². The van der Waals surface area contributed by atoms with E-state index in [1.165, 1.54) is 6.92 Å². The average Bonchev–Trinajstić information content (AvgIpc) is 2.40. The summed E-state index contributed by atoms with van der Waals surface area (Å²) in [6.07, 6.45) is 0.832. The first-order chi connectivity index (χ1) is 9.77. The molecule has 0 aromatic heterocycles. The highest BCUT2D eigenvalue weighted by Crippen LogP contribution is 2.19. The minimum absolute atomic E-state index is 0.00397. The van der Waals surface area contributed by atoms with Crippen LogP contribution in [-0.4, -0.2) is 34.2 Å². The van der Waals surface area contributed by atoms with Gasteiger partial charge < -0.3 is 9.47 Å². The van der Waals surface area contributed by atoms with Crippen molar-refractivity contribution in [2.75, 3.05) is 19.8 Å². The molecule has 1 rings (SSSR count). The molecule has 118 valence electrons. The number of halogens is 1. The van der Waals surface area contributed by atoms with Crippen molar-refractivity contribution in [3.05, 3.63) is 29.1 Å². The third kappa shape index (κ3) is 5.07. The first-order valence-electron chi connectivity index (χ1n) is 6.35. The van der Waals surface area contributed by atoms with Gasteiger partial charge in [0.1, 0.15) is 12.4 Å². The lowest BCUT2D eigenvalue weighted by Gasteiger charge is -2.09. The number of rotatable bonds is 7. The Bertz CT molecular complexity index is 615. The van der Waals surface area contributed by atoms with Crippen molar-refractivity contribution >= 4 is 16.0 Å². The fraction of sp³-hybridized carbons (Fsp3) is 0.462. The van der Waals surface area contributed by atoms with Crippen LogP contribution < -0.4 is 5.14 Å². The second-order valence-corrected chi connectivity index (χ2v) is 5.96. The first-order valence-corrected chi connectivity index (χ1v) is 7.89. The largest absolute Gasteiger partial charge is 0.460 e. The number of benzene rings is 1. The summed E-state index contributed by atoms with van der Waals surface area (Å²) in [5, 5.41) is 4.98. The van der Waals surface area contributed by atoms with Gasteiger partial charge in [0, 0.05) is 6.61 Å². The van der Waals surface area contributed by atoms with E-state index in [0.717, 1.165) is 18.6 Å². The molecular weight excluding hydrogens is 301 g/mol. The van der Waals surface area contributed by atoms with E-state index in [4.69, 9.17) is 14.6 Å². The van der Waals surface area contributed by atoms with Gasteiger partial charge in [-0.1, -0.05) is 6.92 Å². The predicted octanol–water partition coefficient (Wildman–Crippen LogP) is 1.36. The van der Waals surface area contributed by atoms with Gasteiger partial charge in [0.25, 0.3) is 0 Å².